The third-order valence-corrected chi connectivity index (χ3v) is 2.90. The fourth-order valence-electron chi connectivity index (χ4n) is 1.53. The summed E-state index contributed by atoms with van der Waals surface area (Å²) in [6.45, 7) is 4.47. The summed E-state index contributed by atoms with van der Waals surface area (Å²) in [5.41, 5.74) is -0.811. The van der Waals surface area contributed by atoms with Crippen LogP contribution >= 0.6 is 11.6 Å². The number of carbonyl (C=O) groups is 1. The second kappa shape index (κ2) is 7.73. The minimum absolute atomic E-state index is 0.0195. The van der Waals surface area contributed by atoms with Gasteiger partial charge in [0.1, 0.15) is 5.75 Å². The molecule has 4 nitrogen and oxygen atoms in total. The zero-order valence-electron chi connectivity index (χ0n) is 12.0. The van der Waals surface area contributed by atoms with Crippen LogP contribution in [-0.4, -0.2) is 17.3 Å². The first kappa shape index (κ1) is 18.6. The smallest absolute Gasteiger partial charge is 0.417 e. The molecule has 0 unspecified atom stereocenters. The molecule has 0 aliphatic rings. The van der Waals surface area contributed by atoms with Crippen LogP contribution in [0.15, 0.2) is 59.3 Å². The van der Waals surface area contributed by atoms with E-state index in [1.807, 2.05) is 0 Å². The lowest BCUT2D eigenvalue weighted by Crippen LogP contribution is -2.27. The van der Waals surface area contributed by atoms with Gasteiger partial charge in [0, 0.05) is 11.4 Å². The van der Waals surface area contributed by atoms with E-state index < -0.39 is 22.8 Å². The van der Waals surface area contributed by atoms with Crippen LogP contribution < -0.4 is 10.6 Å². The number of amides is 2. The summed E-state index contributed by atoms with van der Waals surface area (Å²) in [5, 5.41) is 13.2. The summed E-state index contributed by atoms with van der Waals surface area (Å²) in [5.74, 6) is 0.0195. The molecule has 2 amide bonds. The lowest BCUT2D eigenvalue weighted by atomic mass is 10.2. The number of hydrogen-bond acceptors (Lipinski definition) is 2. The SMILES string of the molecule is C=C/C(Cl)=C(\C=C(/C)NC(=O)Nc1ccc(O)cc1)C(F)(F)F. The number of carbonyl (C=O) groups excluding carboxylic acids is 1. The van der Waals surface area contributed by atoms with E-state index in [0.29, 0.717) is 11.8 Å². The van der Waals surface area contributed by atoms with Crippen molar-refractivity contribution in [2.24, 2.45) is 0 Å². The maximum absolute atomic E-state index is 12.9. The fraction of sp³-hybridized carbons (Fsp3) is 0.133. The Labute approximate surface area is 136 Å². The Morgan fingerprint density at radius 3 is 2.35 bits per heavy atom. The molecule has 8 heteroatoms. The monoisotopic (exact) mass is 346 g/mol. The average molecular weight is 347 g/mol. The normalized spacial score (nSPS) is 13.2. The van der Waals surface area contributed by atoms with E-state index in [-0.39, 0.29) is 11.4 Å². The van der Waals surface area contributed by atoms with Crippen molar-refractivity contribution < 1.29 is 23.1 Å². The minimum Gasteiger partial charge on any atom is -0.508 e. The zero-order valence-corrected chi connectivity index (χ0v) is 12.8. The first-order chi connectivity index (χ1) is 10.6. The van der Waals surface area contributed by atoms with Crippen LogP contribution in [0.1, 0.15) is 6.92 Å². The molecule has 124 valence electrons. The molecule has 0 spiro atoms. The van der Waals surface area contributed by atoms with Crippen LogP contribution in [0.3, 0.4) is 0 Å². The Balaban J connectivity index is 2.84. The van der Waals surface area contributed by atoms with Crippen LogP contribution in [0.25, 0.3) is 0 Å². The molecule has 0 aliphatic carbocycles. The predicted molar refractivity (Wildman–Crippen MR) is 83.1 cm³/mol. The van der Waals surface area contributed by atoms with E-state index in [2.05, 4.69) is 17.2 Å². The number of alkyl halides is 3. The van der Waals surface area contributed by atoms with Crippen molar-refractivity contribution in [2.75, 3.05) is 5.32 Å². The Morgan fingerprint density at radius 2 is 1.87 bits per heavy atom. The molecule has 1 rings (SSSR count). The Hall–Kier alpha value is -2.41. The average Bonchev–Trinajstić information content (AvgIpc) is 2.45. The van der Waals surface area contributed by atoms with Crippen molar-refractivity contribution in [3.05, 3.63) is 59.3 Å². The van der Waals surface area contributed by atoms with Gasteiger partial charge < -0.3 is 15.7 Å². The van der Waals surface area contributed by atoms with Gasteiger partial charge in [-0.2, -0.15) is 13.2 Å². The number of allylic oxidation sites excluding steroid dienone is 5. The van der Waals surface area contributed by atoms with Crippen molar-refractivity contribution in [3.8, 4) is 5.75 Å². The van der Waals surface area contributed by atoms with Crippen LogP contribution in [0.5, 0.6) is 5.75 Å². The summed E-state index contributed by atoms with van der Waals surface area (Å²) >= 11 is 5.49. The van der Waals surface area contributed by atoms with Gasteiger partial charge in [0.2, 0.25) is 0 Å². The van der Waals surface area contributed by atoms with Crippen LogP contribution in [-0.2, 0) is 0 Å². The summed E-state index contributed by atoms with van der Waals surface area (Å²) in [4.78, 5) is 11.7. The molecule has 0 radical (unpaired) electrons. The number of phenols is 1. The topological polar surface area (TPSA) is 61.4 Å². The zero-order chi connectivity index (χ0) is 17.6. The summed E-state index contributed by atoms with van der Waals surface area (Å²) in [6, 6.07) is 4.84. The second-order valence-electron chi connectivity index (χ2n) is 4.42. The first-order valence-corrected chi connectivity index (χ1v) is 6.66. The van der Waals surface area contributed by atoms with E-state index in [4.69, 9.17) is 16.7 Å². The summed E-state index contributed by atoms with van der Waals surface area (Å²) < 4.78 is 38.6. The number of nitrogens with one attached hydrogen (secondary N) is 2. The molecule has 23 heavy (non-hydrogen) atoms. The van der Waals surface area contributed by atoms with Gasteiger partial charge in [0.05, 0.1) is 10.6 Å². The van der Waals surface area contributed by atoms with Gasteiger partial charge in [-0.15, -0.1) is 0 Å². The third kappa shape index (κ3) is 6.07. The molecule has 0 fully saturated rings. The summed E-state index contributed by atoms with van der Waals surface area (Å²) in [7, 11) is 0. The number of benzene rings is 1. The Kier molecular flexibility index (Phi) is 6.27. The number of phenolic OH excluding ortho intramolecular Hbond substituents is 1. The Bertz CT molecular complexity index is 650. The molecule has 1 aromatic rings. The quantitative estimate of drug-likeness (QED) is 0.548. The van der Waals surface area contributed by atoms with Gasteiger partial charge >= 0.3 is 12.2 Å². The van der Waals surface area contributed by atoms with Crippen LogP contribution in [0.4, 0.5) is 23.7 Å². The predicted octanol–water partition coefficient (Wildman–Crippen LogP) is 4.66. The molecule has 0 aromatic heterocycles. The van der Waals surface area contributed by atoms with E-state index >= 15 is 0 Å². The van der Waals surface area contributed by atoms with E-state index in [0.717, 1.165) is 6.08 Å². The number of rotatable bonds is 4. The molecule has 0 atom stereocenters. The maximum atomic E-state index is 12.9. The first-order valence-electron chi connectivity index (χ1n) is 6.28. The van der Waals surface area contributed by atoms with E-state index in [9.17, 15) is 18.0 Å². The minimum atomic E-state index is -4.68. The second-order valence-corrected chi connectivity index (χ2v) is 4.82. The van der Waals surface area contributed by atoms with E-state index in [1.165, 1.54) is 31.2 Å². The molecule has 0 saturated carbocycles. The molecule has 0 saturated heterocycles. The van der Waals surface area contributed by atoms with Crippen molar-refractivity contribution in [3.63, 3.8) is 0 Å². The molecule has 0 bridgehead atoms. The largest absolute Gasteiger partial charge is 0.508 e. The Morgan fingerprint density at radius 1 is 1.30 bits per heavy atom. The maximum Gasteiger partial charge on any atom is 0.417 e. The lowest BCUT2D eigenvalue weighted by Gasteiger charge is -2.12. The lowest BCUT2D eigenvalue weighted by molar-refractivity contribution is -0.0885. The third-order valence-electron chi connectivity index (χ3n) is 2.54. The number of urea groups is 1. The van der Waals surface area contributed by atoms with Gasteiger partial charge in [-0.05, 0) is 37.3 Å². The molecule has 3 N–H and O–H groups in total. The van der Waals surface area contributed by atoms with Gasteiger partial charge in [0.25, 0.3) is 0 Å². The van der Waals surface area contributed by atoms with Gasteiger partial charge in [-0.3, -0.25) is 0 Å². The molecular weight excluding hydrogens is 333 g/mol. The molecule has 0 aliphatic heterocycles. The number of aromatic hydroxyl groups is 1. The van der Waals surface area contributed by atoms with Crippen LogP contribution in [0.2, 0.25) is 0 Å². The number of anilines is 1. The highest BCUT2D eigenvalue weighted by Crippen LogP contribution is 2.31. The van der Waals surface area contributed by atoms with Crippen LogP contribution in [0, 0.1) is 0 Å². The highest BCUT2D eigenvalue weighted by molar-refractivity contribution is 6.31. The molecule has 0 heterocycles. The van der Waals surface area contributed by atoms with Crippen molar-refractivity contribution in [1.82, 2.24) is 5.32 Å². The highest BCUT2D eigenvalue weighted by atomic mass is 35.5. The number of hydrogen-bond donors (Lipinski definition) is 3. The highest BCUT2D eigenvalue weighted by Gasteiger charge is 2.34. The van der Waals surface area contributed by atoms with Crippen molar-refractivity contribution in [1.29, 1.82) is 0 Å². The summed E-state index contributed by atoms with van der Waals surface area (Å²) in [6.07, 6.45) is -3.10. The molecule has 1 aromatic carbocycles. The standard InChI is InChI=1S/C15H14ClF3N2O2/c1-3-13(16)12(15(17,18)19)8-9(2)20-14(23)21-10-4-6-11(22)7-5-10/h3-8,22H,1H2,2H3,(H2,20,21,23)/b9-8+,13-12-. The van der Waals surface area contributed by atoms with Gasteiger partial charge in [-0.1, -0.05) is 24.3 Å². The fourth-order valence-corrected chi connectivity index (χ4v) is 1.70. The van der Waals surface area contributed by atoms with E-state index in [1.54, 1.807) is 0 Å². The van der Waals surface area contributed by atoms with Crippen molar-refractivity contribution >= 4 is 23.3 Å². The van der Waals surface area contributed by atoms with Crippen molar-refractivity contribution in [2.45, 2.75) is 13.1 Å². The number of halogens is 4. The van der Waals surface area contributed by atoms with Gasteiger partial charge in [0.15, 0.2) is 0 Å². The molecular formula is C15H14ClF3N2O2. The van der Waals surface area contributed by atoms with Gasteiger partial charge in [-0.25, -0.2) is 4.79 Å².